The molecule has 7 nitrogen and oxygen atoms in total. The summed E-state index contributed by atoms with van der Waals surface area (Å²) in [7, 11) is 1.11. The molecule has 1 aromatic carbocycles. The highest BCUT2D eigenvalue weighted by atomic mass is 16.6. The van der Waals surface area contributed by atoms with E-state index in [4.69, 9.17) is 14.0 Å². The molecule has 2 aliphatic rings. The lowest BCUT2D eigenvalue weighted by molar-refractivity contribution is -0.384. The van der Waals surface area contributed by atoms with Gasteiger partial charge in [-0.1, -0.05) is 19.9 Å². The minimum absolute atomic E-state index is 0.0364. The number of benzene rings is 1. The highest BCUT2D eigenvalue weighted by molar-refractivity contribution is 6.61. The van der Waals surface area contributed by atoms with Gasteiger partial charge in [0.2, 0.25) is 0 Å². The van der Waals surface area contributed by atoms with Gasteiger partial charge in [-0.3, -0.25) is 10.1 Å². The molecule has 1 atom stereocenters. The summed E-state index contributed by atoms with van der Waals surface area (Å²) in [6, 6.07) is 5.44. The van der Waals surface area contributed by atoms with Crippen molar-refractivity contribution in [3.05, 3.63) is 28.3 Å². The Hall–Kier alpha value is -1.64. The molecule has 3 rings (SSSR count). The largest absolute Gasteiger partial charge is 0.494 e. The fraction of sp³-hybridized carbons (Fsp3) is 0.647. The summed E-state index contributed by atoms with van der Waals surface area (Å²) in [5.41, 5.74) is 1.39. The van der Waals surface area contributed by atoms with Crippen LogP contribution in [0.5, 0.6) is 0 Å². The molecule has 0 spiro atoms. The zero-order valence-electron chi connectivity index (χ0n) is 15.1. The average Bonchev–Trinajstić information content (AvgIpc) is 3.03. The van der Waals surface area contributed by atoms with Gasteiger partial charge in [-0.2, -0.15) is 0 Å². The highest BCUT2D eigenvalue weighted by Crippen LogP contribution is 2.33. The lowest BCUT2D eigenvalue weighted by Crippen LogP contribution is -2.47. The normalized spacial score (nSPS) is 23.1. The molecule has 0 N–H and O–H groups in total. The molecule has 2 saturated heterocycles. The molecule has 8 heteroatoms. The van der Waals surface area contributed by atoms with E-state index in [2.05, 4.69) is 18.7 Å². The first-order valence-corrected chi connectivity index (χ1v) is 8.68. The summed E-state index contributed by atoms with van der Waals surface area (Å²) < 4.78 is 16.8. The van der Waals surface area contributed by atoms with Gasteiger partial charge in [0.05, 0.1) is 17.6 Å². The molecule has 0 radical (unpaired) electrons. The van der Waals surface area contributed by atoms with Crippen LogP contribution in [0.4, 0.5) is 11.4 Å². The van der Waals surface area contributed by atoms with Crippen molar-refractivity contribution < 1.29 is 19.0 Å². The van der Waals surface area contributed by atoms with Gasteiger partial charge in [0.25, 0.3) is 5.69 Å². The molecule has 0 saturated carbocycles. The molecule has 0 bridgehead atoms. The molecular formula is C17H25BN2O5. The van der Waals surface area contributed by atoms with Crippen molar-refractivity contribution in [1.82, 2.24) is 0 Å². The van der Waals surface area contributed by atoms with Gasteiger partial charge in [0, 0.05) is 38.3 Å². The van der Waals surface area contributed by atoms with Crippen LogP contribution < -0.4 is 10.4 Å². The van der Waals surface area contributed by atoms with Crippen LogP contribution in [0.2, 0.25) is 0 Å². The number of rotatable bonds is 5. The second kappa shape index (κ2) is 7.31. The maximum absolute atomic E-state index is 11.6. The van der Waals surface area contributed by atoms with Crippen molar-refractivity contribution in [3.63, 3.8) is 0 Å². The first kappa shape index (κ1) is 18.2. The van der Waals surface area contributed by atoms with Gasteiger partial charge in [0.1, 0.15) is 5.69 Å². The molecule has 2 aliphatic heterocycles. The van der Waals surface area contributed by atoms with Crippen LogP contribution in [0.15, 0.2) is 18.2 Å². The monoisotopic (exact) mass is 348 g/mol. The van der Waals surface area contributed by atoms with E-state index in [-0.39, 0.29) is 22.1 Å². The predicted molar refractivity (Wildman–Crippen MR) is 96.4 cm³/mol. The molecule has 2 heterocycles. The van der Waals surface area contributed by atoms with E-state index >= 15 is 0 Å². The van der Waals surface area contributed by atoms with Crippen molar-refractivity contribution in [2.24, 2.45) is 5.41 Å². The minimum atomic E-state index is -0.547. The molecule has 136 valence electrons. The minimum Gasteiger partial charge on any atom is -0.407 e. The second-order valence-electron chi connectivity index (χ2n) is 7.57. The molecule has 0 aromatic heterocycles. The van der Waals surface area contributed by atoms with Crippen LogP contribution in [0, 0.1) is 15.5 Å². The zero-order chi connectivity index (χ0) is 18.0. The number of nitro groups is 1. The third kappa shape index (κ3) is 3.97. The fourth-order valence-corrected chi connectivity index (χ4v) is 3.48. The van der Waals surface area contributed by atoms with Gasteiger partial charge in [0.15, 0.2) is 0 Å². The maximum Gasteiger partial charge on any atom is 0.494 e. The summed E-state index contributed by atoms with van der Waals surface area (Å²) in [5.74, 6) is 0. The van der Waals surface area contributed by atoms with Gasteiger partial charge in [-0.15, -0.1) is 0 Å². The third-order valence-corrected chi connectivity index (χ3v) is 4.76. The summed E-state index contributed by atoms with van der Waals surface area (Å²) in [6.45, 7) is 6.64. The standard InChI is InChI=1S/C17H25BN2O5/c1-17(2)11-24-18(25-12-17)13-6-7-15(16(9-13)20(21)22)19-8-4-5-14(19)10-23-3/h6-7,9,14H,4-5,8,10-12H2,1-3H3/t14-/m1/s1. The van der Waals surface area contributed by atoms with E-state index < -0.39 is 7.12 Å². The van der Waals surface area contributed by atoms with E-state index in [1.54, 1.807) is 13.2 Å². The number of hydrogen-bond acceptors (Lipinski definition) is 6. The Balaban J connectivity index is 1.85. The van der Waals surface area contributed by atoms with Gasteiger partial charge >= 0.3 is 7.12 Å². The predicted octanol–water partition coefficient (Wildman–Crippen LogP) is 1.98. The van der Waals surface area contributed by atoms with E-state index in [0.717, 1.165) is 19.4 Å². The van der Waals surface area contributed by atoms with E-state index in [0.29, 0.717) is 31.0 Å². The summed E-state index contributed by atoms with van der Waals surface area (Å²) in [4.78, 5) is 13.4. The molecule has 0 aliphatic carbocycles. The summed E-state index contributed by atoms with van der Waals surface area (Å²) in [5, 5.41) is 11.6. The number of anilines is 1. The highest BCUT2D eigenvalue weighted by Gasteiger charge is 2.36. The molecule has 0 amide bonds. The van der Waals surface area contributed by atoms with Crippen LogP contribution in [0.1, 0.15) is 26.7 Å². The molecule has 1 aromatic rings. The topological polar surface area (TPSA) is 74.1 Å². The summed E-state index contributed by atoms with van der Waals surface area (Å²) >= 11 is 0. The summed E-state index contributed by atoms with van der Waals surface area (Å²) in [6.07, 6.45) is 1.99. The molecule has 2 fully saturated rings. The van der Waals surface area contributed by atoms with Crippen LogP contribution >= 0.6 is 0 Å². The van der Waals surface area contributed by atoms with Crippen molar-refractivity contribution >= 4 is 24.0 Å². The van der Waals surface area contributed by atoms with E-state index in [1.807, 2.05) is 12.1 Å². The third-order valence-electron chi connectivity index (χ3n) is 4.76. The Morgan fingerprint density at radius 2 is 2.12 bits per heavy atom. The smallest absolute Gasteiger partial charge is 0.407 e. The number of nitrogens with zero attached hydrogens (tertiary/aromatic N) is 2. The number of methoxy groups -OCH3 is 1. The average molecular weight is 348 g/mol. The van der Waals surface area contributed by atoms with Crippen molar-refractivity contribution in [3.8, 4) is 0 Å². The Morgan fingerprint density at radius 3 is 2.76 bits per heavy atom. The Labute approximate surface area is 148 Å². The van der Waals surface area contributed by atoms with Gasteiger partial charge < -0.3 is 18.9 Å². The van der Waals surface area contributed by atoms with Gasteiger partial charge in [-0.25, -0.2) is 0 Å². The Morgan fingerprint density at radius 1 is 1.40 bits per heavy atom. The molecule has 0 unspecified atom stereocenters. The lowest BCUT2D eigenvalue weighted by Gasteiger charge is -2.33. The van der Waals surface area contributed by atoms with E-state index in [9.17, 15) is 10.1 Å². The molecular weight excluding hydrogens is 323 g/mol. The van der Waals surface area contributed by atoms with Crippen molar-refractivity contribution in [2.45, 2.75) is 32.7 Å². The van der Waals surface area contributed by atoms with Crippen LogP contribution in [-0.4, -0.2) is 51.6 Å². The second-order valence-corrected chi connectivity index (χ2v) is 7.57. The Bertz CT molecular complexity index is 629. The number of nitro benzene ring substituents is 1. The van der Waals surface area contributed by atoms with Crippen LogP contribution in [0.3, 0.4) is 0 Å². The maximum atomic E-state index is 11.6. The lowest BCUT2D eigenvalue weighted by atomic mass is 9.75. The Kier molecular flexibility index (Phi) is 5.31. The number of ether oxygens (including phenoxy) is 1. The van der Waals surface area contributed by atoms with Crippen LogP contribution in [-0.2, 0) is 14.0 Å². The SMILES string of the molecule is COC[C@H]1CCCN1c1ccc(B2OCC(C)(C)CO2)cc1[N+](=O)[O-]. The van der Waals surface area contributed by atoms with Gasteiger partial charge in [-0.05, 0) is 24.4 Å². The zero-order valence-corrected chi connectivity index (χ0v) is 15.1. The quantitative estimate of drug-likeness (QED) is 0.460. The van der Waals surface area contributed by atoms with E-state index in [1.165, 1.54) is 0 Å². The first-order valence-electron chi connectivity index (χ1n) is 8.68. The fourth-order valence-electron chi connectivity index (χ4n) is 3.48. The van der Waals surface area contributed by atoms with Crippen LogP contribution in [0.25, 0.3) is 0 Å². The van der Waals surface area contributed by atoms with Crippen molar-refractivity contribution in [2.75, 3.05) is 38.4 Å². The molecule has 25 heavy (non-hydrogen) atoms. The van der Waals surface area contributed by atoms with Crippen molar-refractivity contribution in [1.29, 1.82) is 0 Å². The number of hydrogen-bond donors (Lipinski definition) is 0. The first-order chi connectivity index (χ1) is 11.9.